The maximum Gasteiger partial charge on any atom is 0.346 e. The summed E-state index contributed by atoms with van der Waals surface area (Å²) < 4.78 is 27.5. The zero-order chi connectivity index (χ0) is 18.9. The summed E-state index contributed by atoms with van der Waals surface area (Å²) in [5.74, 6) is -0.364. The summed E-state index contributed by atoms with van der Waals surface area (Å²) in [5, 5.41) is 9.10. The van der Waals surface area contributed by atoms with Crippen LogP contribution in [0, 0.1) is 12.8 Å². The summed E-state index contributed by atoms with van der Waals surface area (Å²) in [6, 6.07) is 8.69. The summed E-state index contributed by atoms with van der Waals surface area (Å²) in [5.41, 5.74) is 1.99. The number of sulfonamides is 1. The van der Waals surface area contributed by atoms with Gasteiger partial charge >= 0.3 is 5.97 Å². The predicted molar refractivity (Wildman–Crippen MR) is 104 cm³/mol. The molecule has 0 saturated carbocycles. The lowest BCUT2D eigenvalue weighted by Gasteiger charge is -2.32. The second kappa shape index (κ2) is 7.28. The molecule has 3 rings (SSSR count). The number of carboxylic acid groups (broad SMARTS) is 1. The number of nitrogens with one attached hydrogen (secondary N) is 1. The van der Waals surface area contributed by atoms with Crippen molar-refractivity contribution >= 4 is 38.7 Å². The van der Waals surface area contributed by atoms with E-state index >= 15 is 0 Å². The summed E-state index contributed by atoms with van der Waals surface area (Å²) in [7, 11) is -3.80. The van der Waals surface area contributed by atoms with Crippen molar-refractivity contribution in [2.45, 2.75) is 30.9 Å². The molecule has 2 heterocycles. The van der Waals surface area contributed by atoms with E-state index < -0.39 is 16.0 Å². The second-order valence-corrected chi connectivity index (χ2v) is 9.67. The summed E-state index contributed by atoms with van der Waals surface area (Å²) in [4.78, 5) is 13.5. The highest BCUT2D eigenvalue weighted by atomic mass is 32.2. The Hall–Kier alpha value is -2.06. The van der Waals surface area contributed by atoms with Crippen LogP contribution >= 0.6 is 11.3 Å². The molecule has 1 saturated heterocycles. The summed E-state index contributed by atoms with van der Waals surface area (Å²) in [6.07, 6.45) is 2.33. The molecule has 1 aromatic carbocycles. The molecule has 0 unspecified atom stereocenters. The first-order valence-corrected chi connectivity index (χ1v) is 10.8. The van der Waals surface area contributed by atoms with E-state index in [1.165, 1.54) is 6.07 Å². The summed E-state index contributed by atoms with van der Waals surface area (Å²) in [6.45, 7) is 5.88. The molecule has 0 atom stereocenters. The molecule has 0 bridgehead atoms. The van der Waals surface area contributed by atoms with Gasteiger partial charge in [-0.15, -0.1) is 11.3 Å². The molecule has 1 aliphatic rings. The molecule has 1 aromatic heterocycles. The first-order chi connectivity index (χ1) is 12.3. The molecule has 26 heavy (non-hydrogen) atoms. The van der Waals surface area contributed by atoms with Gasteiger partial charge < -0.3 is 10.0 Å². The average molecular weight is 395 g/mol. The van der Waals surface area contributed by atoms with Crippen molar-refractivity contribution in [3.63, 3.8) is 0 Å². The Labute approximate surface area is 157 Å². The lowest BCUT2D eigenvalue weighted by atomic mass is 9.99. The van der Waals surface area contributed by atoms with E-state index in [0.717, 1.165) is 48.9 Å². The minimum Gasteiger partial charge on any atom is -0.477 e. The Bertz CT molecular complexity index is 896. The van der Waals surface area contributed by atoms with Crippen molar-refractivity contribution in [2.24, 2.45) is 5.92 Å². The first kappa shape index (κ1) is 18.7. The minimum absolute atomic E-state index is 0.00138. The van der Waals surface area contributed by atoms with E-state index in [-0.39, 0.29) is 9.09 Å². The van der Waals surface area contributed by atoms with E-state index in [2.05, 4.69) is 16.5 Å². The highest BCUT2D eigenvalue weighted by Gasteiger charge is 2.22. The van der Waals surface area contributed by atoms with Gasteiger partial charge in [-0.05, 0) is 61.6 Å². The Morgan fingerprint density at radius 1 is 1.23 bits per heavy atom. The average Bonchev–Trinajstić information content (AvgIpc) is 2.99. The number of carboxylic acids is 1. The number of anilines is 2. The molecule has 2 N–H and O–H groups in total. The molecule has 6 nitrogen and oxygen atoms in total. The molecule has 1 aliphatic heterocycles. The van der Waals surface area contributed by atoms with Crippen molar-refractivity contribution in [1.82, 2.24) is 0 Å². The first-order valence-electron chi connectivity index (χ1n) is 8.48. The van der Waals surface area contributed by atoms with Gasteiger partial charge in [0.15, 0.2) is 0 Å². The Morgan fingerprint density at radius 3 is 2.38 bits per heavy atom. The van der Waals surface area contributed by atoms with Gasteiger partial charge in [-0.25, -0.2) is 13.2 Å². The van der Waals surface area contributed by atoms with Crippen LogP contribution in [0.4, 0.5) is 11.4 Å². The van der Waals surface area contributed by atoms with Crippen LogP contribution in [0.25, 0.3) is 0 Å². The standard InChI is InChI=1S/C18H22N2O4S2/c1-12-7-9-20(10-8-12)15-5-3-14(4-6-15)19-26(23,24)16-11-13(2)17(25-16)18(21)22/h3-6,11-12,19H,7-10H2,1-2H3,(H,21,22). The highest BCUT2D eigenvalue weighted by Crippen LogP contribution is 2.29. The topological polar surface area (TPSA) is 86.7 Å². The number of hydrogen-bond acceptors (Lipinski definition) is 5. The third kappa shape index (κ3) is 4.02. The lowest BCUT2D eigenvalue weighted by molar-refractivity contribution is 0.0701. The van der Waals surface area contributed by atoms with E-state index in [0.29, 0.717) is 11.3 Å². The van der Waals surface area contributed by atoms with Crippen molar-refractivity contribution in [3.05, 3.63) is 40.8 Å². The van der Waals surface area contributed by atoms with Gasteiger partial charge in [-0.3, -0.25) is 4.72 Å². The maximum atomic E-state index is 12.5. The van der Waals surface area contributed by atoms with Crippen LogP contribution in [0.2, 0.25) is 0 Å². The van der Waals surface area contributed by atoms with Crippen molar-refractivity contribution < 1.29 is 18.3 Å². The number of piperidine rings is 1. The van der Waals surface area contributed by atoms with Crippen molar-refractivity contribution in [3.8, 4) is 0 Å². The van der Waals surface area contributed by atoms with E-state index in [4.69, 9.17) is 5.11 Å². The quantitative estimate of drug-likeness (QED) is 0.806. The SMILES string of the molecule is Cc1cc(S(=O)(=O)Nc2ccc(N3CCC(C)CC3)cc2)sc1C(=O)O. The maximum absolute atomic E-state index is 12.5. The van der Waals surface area contributed by atoms with Crippen LogP contribution in [-0.4, -0.2) is 32.6 Å². The number of hydrogen-bond donors (Lipinski definition) is 2. The van der Waals surface area contributed by atoms with Gasteiger partial charge in [0.25, 0.3) is 10.0 Å². The van der Waals surface area contributed by atoms with Gasteiger partial charge in [0.2, 0.25) is 0 Å². The van der Waals surface area contributed by atoms with Gasteiger partial charge in [-0.1, -0.05) is 6.92 Å². The minimum atomic E-state index is -3.80. The Balaban J connectivity index is 1.74. The van der Waals surface area contributed by atoms with E-state index in [1.807, 2.05) is 12.1 Å². The molecule has 140 valence electrons. The normalized spacial score (nSPS) is 15.8. The summed E-state index contributed by atoms with van der Waals surface area (Å²) >= 11 is 0.762. The van der Waals surface area contributed by atoms with Crippen LogP contribution in [0.5, 0.6) is 0 Å². The van der Waals surface area contributed by atoms with Crippen molar-refractivity contribution in [1.29, 1.82) is 0 Å². The monoisotopic (exact) mass is 394 g/mol. The van der Waals surface area contributed by atoms with E-state index in [1.54, 1.807) is 19.1 Å². The molecule has 0 aliphatic carbocycles. The number of aryl methyl sites for hydroxylation is 1. The Kier molecular flexibility index (Phi) is 5.24. The number of nitrogens with zero attached hydrogens (tertiary/aromatic N) is 1. The van der Waals surface area contributed by atoms with Crippen LogP contribution in [0.3, 0.4) is 0 Å². The number of rotatable bonds is 5. The van der Waals surface area contributed by atoms with Gasteiger partial charge in [-0.2, -0.15) is 0 Å². The second-order valence-electron chi connectivity index (χ2n) is 6.70. The fraction of sp³-hybridized carbons (Fsp3) is 0.389. The van der Waals surface area contributed by atoms with Crippen LogP contribution in [0.1, 0.15) is 35.0 Å². The largest absolute Gasteiger partial charge is 0.477 e. The fourth-order valence-electron chi connectivity index (χ4n) is 3.01. The van der Waals surface area contributed by atoms with Gasteiger partial charge in [0.05, 0.1) is 0 Å². The molecular formula is C18H22N2O4S2. The highest BCUT2D eigenvalue weighted by molar-refractivity contribution is 7.94. The Morgan fingerprint density at radius 2 is 1.85 bits per heavy atom. The number of thiophene rings is 1. The van der Waals surface area contributed by atoms with Gasteiger partial charge in [0.1, 0.15) is 9.09 Å². The van der Waals surface area contributed by atoms with Gasteiger partial charge in [0, 0.05) is 24.5 Å². The third-order valence-electron chi connectivity index (χ3n) is 4.62. The molecule has 8 heteroatoms. The van der Waals surface area contributed by atoms with Crippen LogP contribution < -0.4 is 9.62 Å². The molecule has 0 radical (unpaired) electrons. The van der Waals surface area contributed by atoms with Crippen molar-refractivity contribution in [2.75, 3.05) is 22.7 Å². The fourth-order valence-corrected chi connectivity index (χ4v) is 5.45. The molecular weight excluding hydrogens is 372 g/mol. The van der Waals surface area contributed by atoms with Crippen LogP contribution in [0.15, 0.2) is 34.5 Å². The lowest BCUT2D eigenvalue weighted by Crippen LogP contribution is -2.32. The zero-order valence-corrected chi connectivity index (χ0v) is 16.4. The number of benzene rings is 1. The third-order valence-corrected chi connectivity index (χ3v) is 7.70. The number of carbonyl (C=O) groups is 1. The predicted octanol–water partition coefficient (Wildman–Crippen LogP) is 3.79. The molecule has 0 spiro atoms. The molecule has 1 fully saturated rings. The number of aromatic carboxylic acids is 1. The van der Waals surface area contributed by atoms with Crippen LogP contribution in [-0.2, 0) is 10.0 Å². The molecule has 0 amide bonds. The smallest absolute Gasteiger partial charge is 0.346 e. The molecule has 2 aromatic rings. The van der Waals surface area contributed by atoms with E-state index in [9.17, 15) is 13.2 Å². The zero-order valence-electron chi connectivity index (χ0n) is 14.7.